The van der Waals surface area contributed by atoms with Gasteiger partial charge in [0.2, 0.25) is 5.91 Å². The molecule has 0 bridgehead atoms. The van der Waals surface area contributed by atoms with E-state index in [0.29, 0.717) is 12.4 Å². The van der Waals surface area contributed by atoms with Crippen molar-refractivity contribution in [3.05, 3.63) is 23.9 Å². The lowest BCUT2D eigenvalue weighted by Crippen LogP contribution is -2.37. The van der Waals surface area contributed by atoms with Crippen molar-refractivity contribution in [1.29, 1.82) is 0 Å². The van der Waals surface area contributed by atoms with Gasteiger partial charge in [-0.15, -0.1) is 0 Å². The van der Waals surface area contributed by atoms with Crippen LogP contribution in [0.1, 0.15) is 19.4 Å². The zero-order chi connectivity index (χ0) is 12.1. The molecule has 5 nitrogen and oxygen atoms in total. The molecule has 0 fully saturated rings. The average molecular weight is 222 g/mol. The zero-order valence-corrected chi connectivity index (χ0v) is 9.68. The largest absolute Gasteiger partial charge is 0.384 e. The second kappa shape index (κ2) is 5.46. The molecular weight excluding hydrogens is 204 g/mol. The van der Waals surface area contributed by atoms with E-state index in [9.17, 15) is 4.79 Å². The predicted octanol–water partition coefficient (Wildman–Crippen LogP) is 0.360. The summed E-state index contributed by atoms with van der Waals surface area (Å²) in [6.07, 6.45) is 1.71. The molecule has 1 rings (SSSR count). The standard InChI is InChI=1S/C11H18N4O/c1-8(2)15(7-11(13)16)6-9-3-4-10(12)14-5-9/h3-5,8H,6-7H2,1-2H3,(H2,12,14)(H2,13,16). The maximum atomic E-state index is 10.9. The second-order valence-electron chi connectivity index (χ2n) is 4.06. The Morgan fingerprint density at radius 2 is 2.19 bits per heavy atom. The van der Waals surface area contributed by atoms with Gasteiger partial charge in [0.05, 0.1) is 6.54 Å². The lowest BCUT2D eigenvalue weighted by atomic mass is 10.2. The van der Waals surface area contributed by atoms with Crippen LogP contribution in [0.2, 0.25) is 0 Å². The van der Waals surface area contributed by atoms with E-state index in [-0.39, 0.29) is 18.5 Å². The highest BCUT2D eigenvalue weighted by atomic mass is 16.1. The summed E-state index contributed by atoms with van der Waals surface area (Å²) in [6.45, 7) is 4.94. The third-order valence-electron chi connectivity index (χ3n) is 2.32. The van der Waals surface area contributed by atoms with Gasteiger partial charge in [-0.1, -0.05) is 6.07 Å². The van der Waals surface area contributed by atoms with E-state index in [2.05, 4.69) is 4.98 Å². The predicted molar refractivity (Wildman–Crippen MR) is 63.4 cm³/mol. The molecule has 0 aliphatic carbocycles. The Labute approximate surface area is 95.4 Å². The van der Waals surface area contributed by atoms with Crippen molar-refractivity contribution in [2.75, 3.05) is 12.3 Å². The molecule has 1 amide bonds. The SMILES string of the molecule is CC(C)N(CC(N)=O)Cc1ccc(N)nc1. The third-order valence-corrected chi connectivity index (χ3v) is 2.32. The molecule has 4 N–H and O–H groups in total. The normalized spacial score (nSPS) is 11.0. The first-order chi connectivity index (χ1) is 7.49. The molecule has 16 heavy (non-hydrogen) atoms. The number of nitrogen functional groups attached to an aromatic ring is 1. The lowest BCUT2D eigenvalue weighted by Gasteiger charge is -2.24. The molecule has 5 heteroatoms. The Balaban J connectivity index is 2.67. The van der Waals surface area contributed by atoms with Crippen LogP contribution in [0, 0.1) is 0 Å². The molecule has 0 aliphatic rings. The Morgan fingerprint density at radius 1 is 1.50 bits per heavy atom. The van der Waals surface area contributed by atoms with Crippen LogP contribution in [0.25, 0.3) is 0 Å². The minimum atomic E-state index is -0.322. The summed E-state index contributed by atoms with van der Waals surface area (Å²) in [7, 11) is 0. The van der Waals surface area contributed by atoms with E-state index in [4.69, 9.17) is 11.5 Å². The van der Waals surface area contributed by atoms with Crippen molar-refractivity contribution in [3.63, 3.8) is 0 Å². The number of rotatable bonds is 5. The number of nitrogens with zero attached hydrogens (tertiary/aromatic N) is 2. The average Bonchev–Trinajstić information content (AvgIpc) is 2.19. The van der Waals surface area contributed by atoms with Crippen molar-refractivity contribution < 1.29 is 4.79 Å². The van der Waals surface area contributed by atoms with Gasteiger partial charge >= 0.3 is 0 Å². The van der Waals surface area contributed by atoms with Crippen LogP contribution in [0.5, 0.6) is 0 Å². The number of anilines is 1. The fourth-order valence-electron chi connectivity index (χ4n) is 1.39. The van der Waals surface area contributed by atoms with E-state index >= 15 is 0 Å². The van der Waals surface area contributed by atoms with Crippen molar-refractivity contribution >= 4 is 11.7 Å². The Bertz CT molecular complexity index is 348. The van der Waals surface area contributed by atoms with Gasteiger partial charge in [-0.05, 0) is 25.5 Å². The van der Waals surface area contributed by atoms with Crippen molar-refractivity contribution in [3.8, 4) is 0 Å². The molecule has 0 aromatic carbocycles. The van der Waals surface area contributed by atoms with Gasteiger partial charge < -0.3 is 11.5 Å². The van der Waals surface area contributed by atoms with E-state index in [1.54, 1.807) is 12.3 Å². The first kappa shape index (κ1) is 12.4. The van der Waals surface area contributed by atoms with Crippen LogP contribution in [0.3, 0.4) is 0 Å². The van der Waals surface area contributed by atoms with E-state index in [1.807, 2.05) is 24.8 Å². The molecular formula is C11H18N4O. The van der Waals surface area contributed by atoms with Crippen LogP contribution in [-0.4, -0.2) is 28.4 Å². The van der Waals surface area contributed by atoms with E-state index < -0.39 is 0 Å². The summed E-state index contributed by atoms with van der Waals surface area (Å²) in [5.74, 6) is 0.173. The van der Waals surface area contributed by atoms with Crippen LogP contribution in [-0.2, 0) is 11.3 Å². The fourth-order valence-corrected chi connectivity index (χ4v) is 1.39. The van der Waals surface area contributed by atoms with Gasteiger partial charge in [0, 0.05) is 18.8 Å². The first-order valence-electron chi connectivity index (χ1n) is 5.22. The molecule has 0 saturated heterocycles. The molecule has 0 atom stereocenters. The summed E-state index contributed by atoms with van der Waals surface area (Å²) >= 11 is 0. The van der Waals surface area contributed by atoms with Crippen molar-refractivity contribution in [2.45, 2.75) is 26.4 Å². The fraction of sp³-hybridized carbons (Fsp3) is 0.455. The summed E-state index contributed by atoms with van der Waals surface area (Å²) in [5.41, 5.74) is 11.7. The number of hydrogen-bond donors (Lipinski definition) is 2. The van der Waals surface area contributed by atoms with Gasteiger partial charge in [-0.2, -0.15) is 0 Å². The Morgan fingerprint density at radius 3 is 2.62 bits per heavy atom. The highest BCUT2D eigenvalue weighted by molar-refractivity contribution is 5.75. The number of carbonyl (C=O) groups is 1. The molecule has 1 aromatic heterocycles. The van der Waals surface area contributed by atoms with E-state index in [0.717, 1.165) is 5.56 Å². The Hall–Kier alpha value is -1.62. The second-order valence-corrected chi connectivity index (χ2v) is 4.06. The maximum absolute atomic E-state index is 10.9. The Kier molecular flexibility index (Phi) is 4.25. The first-order valence-corrected chi connectivity index (χ1v) is 5.22. The maximum Gasteiger partial charge on any atom is 0.231 e. The minimum absolute atomic E-state index is 0.252. The number of aromatic nitrogens is 1. The zero-order valence-electron chi connectivity index (χ0n) is 9.68. The molecule has 88 valence electrons. The highest BCUT2D eigenvalue weighted by Crippen LogP contribution is 2.08. The summed E-state index contributed by atoms with van der Waals surface area (Å²) in [4.78, 5) is 16.9. The molecule has 0 saturated carbocycles. The number of primary amides is 1. The number of hydrogen-bond acceptors (Lipinski definition) is 4. The number of pyridine rings is 1. The van der Waals surface area contributed by atoms with Gasteiger partial charge in [-0.25, -0.2) is 4.98 Å². The quantitative estimate of drug-likeness (QED) is 0.753. The molecule has 0 spiro atoms. The number of nitrogens with two attached hydrogens (primary N) is 2. The van der Waals surface area contributed by atoms with E-state index in [1.165, 1.54) is 0 Å². The van der Waals surface area contributed by atoms with Crippen LogP contribution < -0.4 is 11.5 Å². The summed E-state index contributed by atoms with van der Waals surface area (Å²) in [5, 5.41) is 0. The topological polar surface area (TPSA) is 85.2 Å². The summed E-state index contributed by atoms with van der Waals surface area (Å²) < 4.78 is 0. The van der Waals surface area contributed by atoms with Crippen molar-refractivity contribution in [1.82, 2.24) is 9.88 Å². The lowest BCUT2D eigenvalue weighted by molar-refractivity contribution is -0.119. The molecule has 1 aromatic rings. The third kappa shape index (κ3) is 3.86. The highest BCUT2D eigenvalue weighted by Gasteiger charge is 2.12. The van der Waals surface area contributed by atoms with Crippen LogP contribution in [0.15, 0.2) is 18.3 Å². The molecule has 0 aliphatic heterocycles. The smallest absolute Gasteiger partial charge is 0.231 e. The van der Waals surface area contributed by atoms with Gasteiger partial charge in [-0.3, -0.25) is 9.69 Å². The van der Waals surface area contributed by atoms with Crippen LogP contribution >= 0.6 is 0 Å². The van der Waals surface area contributed by atoms with Crippen molar-refractivity contribution in [2.24, 2.45) is 5.73 Å². The molecule has 0 radical (unpaired) electrons. The monoisotopic (exact) mass is 222 g/mol. The van der Waals surface area contributed by atoms with Gasteiger partial charge in [0.1, 0.15) is 5.82 Å². The minimum Gasteiger partial charge on any atom is -0.384 e. The summed E-state index contributed by atoms with van der Waals surface area (Å²) in [6, 6.07) is 3.90. The molecule has 1 heterocycles. The number of carbonyl (C=O) groups excluding carboxylic acids is 1. The molecule has 0 unspecified atom stereocenters. The van der Waals surface area contributed by atoms with Gasteiger partial charge in [0.25, 0.3) is 0 Å². The van der Waals surface area contributed by atoms with Crippen LogP contribution in [0.4, 0.5) is 5.82 Å². The van der Waals surface area contributed by atoms with Gasteiger partial charge in [0.15, 0.2) is 0 Å². The number of amides is 1.